The zero-order valence-electron chi connectivity index (χ0n) is 13.3. The van der Waals surface area contributed by atoms with E-state index in [-0.39, 0.29) is 12.2 Å². The summed E-state index contributed by atoms with van der Waals surface area (Å²) in [5.74, 6) is 1.45. The third kappa shape index (κ3) is 2.98. The van der Waals surface area contributed by atoms with Crippen LogP contribution in [-0.4, -0.2) is 29.1 Å². The van der Waals surface area contributed by atoms with Gasteiger partial charge in [0.2, 0.25) is 5.91 Å². The van der Waals surface area contributed by atoms with E-state index in [1.54, 1.807) is 0 Å². The fourth-order valence-electron chi connectivity index (χ4n) is 3.41. The molecule has 114 valence electrons. The summed E-state index contributed by atoms with van der Waals surface area (Å²) in [5, 5.41) is 3.58. The topological polar surface area (TPSA) is 32.3 Å². The van der Waals surface area contributed by atoms with Gasteiger partial charge in [-0.25, -0.2) is 0 Å². The summed E-state index contributed by atoms with van der Waals surface area (Å²) in [6, 6.07) is 10.9. The maximum Gasteiger partial charge on any atom is 0.241 e. The van der Waals surface area contributed by atoms with Crippen molar-refractivity contribution in [3.63, 3.8) is 0 Å². The summed E-state index contributed by atoms with van der Waals surface area (Å²) >= 11 is 0. The molecule has 1 aromatic carbocycles. The molecule has 0 aromatic heterocycles. The highest BCUT2D eigenvalue weighted by molar-refractivity contribution is 5.85. The van der Waals surface area contributed by atoms with Gasteiger partial charge in [-0.3, -0.25) is 10.1 Å². The second kappa shape index (κ2) is 5.80. The lowest BCUT2D eigenvalue weighted by Crippen LogP contribution is -2.43. The molecule has 1 aliphatic heterocycles. The van der Waals surface area contributed by atoms with Crippen LogP contribution in [0.15, 0.2) is 30.3 Å². The molecule has 3 heteroatoms. The van der Waals surface area contributed by atoms with Crippen LogP contribution >= 0.6 is 0 Å². The largest absolute Gasteiger partial charge is 0.322 e. The molecular weight excluding hydrogens is 260 g/mol. The average Bonchev–Trinajstić information content (AvgIpc) is 3.08. The van der Waals surface area contributed by atoms with E-state index in [1.165, 1.54) is 12.0 Å². The summed E-state index contributed by atoms with van der Waals surface area (Å²) in [5.41, 5.74) is 1.31. The van der Waals surface area contributed by atoms with Gasteiger partial charge < -0.3 is 4.90 Å². The SMILES string of the molecule is CC(C)C1NC(CCc2ccccc2)C(=O)N1C1CC1C. The molecular formula is C18H26N2O. The molecule has 3 nitrogen and oxygen atoms in total. The van der Waals surface area contributed by atoms with Gasteiger partial charge in [-0.15, -0.1) is 0 Å². The van der Waals surface area contributed by atoms with Crippen molar-refractivity contribution in [1.29, 1.82) is 0 Å². The van der Waals surface area contributed by atoms with Gasteiger partial charge in [0, 0.05) is 6.04 Å². The first-order valence-corrected chi connectivity index (χ1v) is 8.20. The van der Waals surface area contributed by atoms with Crippen molar-refractivity contribution in [2.45, 2.75) is 58.3 Å². The van der Waals surface area contributed by atoms with E-state index in [2.05, 4.69) is 55.3 Å². The van der Waals surface area contributed by atoms with Gasteiger partial charge in [0.05, 0.1) is 12.2 Å². The van der Waals surface area contributed by atoms with Crippen LogP contribution in [-0.2, 0) is 11.2 Å². The quantitative estimate of drug-likeness (QED) is 0.902. The van der Waals surface area contributed by atoms with E-state index in [0.29, 0.717) is 23.8 Å². The lowest BCUT2D eigenvalue weighted by molar-refractivity contribution is -0.131. The number of nitrogens with zero attached hydrogens (tertiary/aromatic N) is 1. The highest BCUT2D eigenvalue weighted by Crippen LogP contribution is 2.39. The van der Waals surface area contributed by atoms with Crippen LogP contribution < -0.4 is 5.32 Å². The fraction of sp³-hybridized carbons (Fsp3) is 0.611. The maximum absolute atomic E-state index is 12.7. The summed E-state index contributed by atoms with van der Waals surface area (Å²) in [6.45, 7) is 6.64. The Morgan fingerprint density at radius 3 is 2.52 bits per heavy atom. The Labute approximate surface area is 127 Å². The van der Waals surface area contributed by atoms with Crippen LogP contribution in [0, 0.1) is 11.8 Å². The molecule has 1 aromatic rings. The van der Waals surface area contributed by atoms with Gasteiger partial charge in [-0.2, -0.15) is 0 Å². The number of amides is 1. The van der Waals surface area contributed by atoms with Crippen molar-refractivity contribution >= 4 is 5.91 Å². The number of rotatable bonds is 5. The Morgan fingerprint density at radius 2 is 1.95 bits per heavy atom. The lowest BCUT2D eigenvalue weighted by Gasteiger charge is -2.27. The van der Waals surface area contributed by atoms with E-state index in [1.807, 2.05) is 6.07 Å². The second-order valence-electron chi connectivity index (χ2n) is 6.96. The minimum Gasteiger partial charge on any atom is -0.322 e. The number of aryl methyl sites for hydroxylation is 1. The predicted molar refractivity (Wildman–Crippen MR) is 84.7 cm³/mol. The molecule has 0 bridgehead atoms. The molecule has 1 amide bonds. The van der Waals surface area contributed by atoms with E-state index in [0.717, 1.165) is 12.8 Å². The first kappa shape index (κ1) is 14.6. The van der Waals surface area contributed by atoms with Gasteiger partial charge >= 0.3 is 0 Å². The number of nitrogens with one attached hydrogen (secondary N) is 1. The Hall–Kier alpha value is -1.35. The predicted octanol–water partition coefficient (Wildman–Crippen LogP) is 2.81. The number of carbonyl (C=O) groups is 1. The molecule has 1 heterocycles. The zero-order valence-corrected chi connectivity index (χ0v) is 13.3. The molecule has 21 heavy (non-hydrogen) atoms. The highest BCUT2D eigenvalue weighted by Gasteiger charge is 2.50. The van der Waals surface area contributed by atoms with Crippen LogP contribution in [0.2, 0.25) is 0 Å². The molecule has 4 unspecified atom stereocenters. The summed E-state index contributed by atoms with van der Waals surface area (Å²) in [4.78, 5) is 14.9. The van der Waals surface area contributed by atoms with E-state index in [9.17, 15) is 4.79 Å². The molecule has 2 fully saturated rings. The standard InChI is InChI=1S/C18H26N2O/c1-12(2)17-19-15(10-9-14-7-5-4-6-8-14)18(21)20(17)16-11-13(16)3/h4-8,12-13,15-17,19H,9-11H2,1-3H3. The van der Waals surface area contributed by atoms with Crippen molar-refractivity contribution in [2.75, 3.05) is 0 Å². The third-order valence-corrected chi connectivity index (χ3v) is 4.84. The number of hydrogen-bond donors (Lipinski definition) is 1. The number of carbonyl (C=O) groups excluding carboxylic acids is 1. The summed E-state index contributed by atoms with van der Waals surface area (Å²) in [7, 11) is 0. The van der Waals surface area contributed by atoms with Crippen molar-refractivity contribution in [3.05, 3.63) is 35.9 Å². The Kier molecular flexibility index (Phi) is 4.03. The van der Waals surface area contributed by atoms with E-state index >= 15 is 0 Å². The Bertz CT molecular complexity index is 499. The van der Waals surface area contributed by atoms with Crippen molar-refractivity contribution in [3.8, 4) is 0 Å². The number of hydrogen-bond acceptors (Lipinski definition) is 2. The van der Waals surface area contributed by atoms with Gasteiger partial charge in [-0.05, 0) is 36.7 Å². The minimum absolute atomic E-state index is 0.00888. The first-order chi connectivity index (χ1) is 10.1. The smallest absolute Gasteiger partial charge is 0.241 e. The van der Waals surface area contributed by atoms with Gasteiger partial charge in [0.15, 0.2) is 0 Å². The van der Waals surface area contributed by atoms with E-state index in [4.69, 9.17) is 0 Å². The van der Waals surface area contributed by atoms with Gasteiger partial charge in [0.25, 0.3) is 0 Å². The molecule has 4 atom stereocenters. The second-order valence-corrected chi connectivity index (χ2v) is 6.96. The normalized spacial score (nSPS) is 32.0. The van der Waals surface area contributed by atoms with E-state index < -0.39 is 0 Å². The third-order valence-electron chi connectivity index (χ3n) is 4.84. The number of benzene rings is 1. The van der Waals surface area contributed by atoms with Crippen molar-refractivity contribution in [1.82, 2.24) is 10.2 Å². The molecule has 0 spiro atoms. The van der Waals surface area contributed by atoms with Crippen LogP contribution in [0.1, 0.15) is 39.2 Å². The monoisotopic (exact) mass is 286 g/mol. The van der Waals surface area contributed by atoms with Crippen LogP contribution in [0.3, 0.4) is 0 Å². The van der Waals surface area contributed by atoms with Gasteiger partial charge in [-0.1, -0.05) is 51.1 Å². The molecule has 3 rings (SSSR count). The summed E-state index contributed by atoms with van der Waals surface area (Å²) in [6.07, 6.45) is 3.24. The molecule has 1 aliphatic carbocycles. The zero-order chi connectivity index (χ0) is 15.0. The van der Waals surface area contributed by atoms with Crippen LogP contribution in [0.5, 0.6) is 0 Å². The van der Waals surface area contributed by atoms with Crippen molar-refractivity contribution < 1.29 is 4.79 Å². The molecule has 2 aliphatic rings. The molecule has 1 N–H and O–H groups in total. The molecule has 1 saturated carbocycles. The molecule has 0 radical (unpaired) electrons. The van der Waals surface area contributed by atoms with Gasteiger partial charge in [0.1, 0.15) is 0 Å². The lowest BCUT2D eigenvalue weighted by atomic mass is 10.1. The molecule has 1 saturated heterocycles. The van der Waals surface area contributed by atoms with Crippen LogP contribution in [0.4, 0.5) is 0 Å². The maximum atomic E-state index is 12.7. The Morgan fingerprint density at radius 1 is 1.29 bits per heavy atom. The summed E-state index contributed by atoms with van der Waals surface area (Å²) < 4.78 is 0. The fourth-order valence-corrected chi connectivity index (χ4v) is 3.41. The first-order valence-electron chi connectivity index (χ1n) is 8.20. The minimum atomic E-state index is -0.00888. The van der Waals surface area contributed by atoms with Crippen molar-refractivity contribution in [2.24, 2.45) is 11.8 Å². The average molecular weight is 286 g/mol. The van der Waals surface area contributed by atoms with Crippen LogP contribution in [0.25, 0.3) is 0 Å². The Balaban J connectivity index is 1.65. The highest BCUT2D eigenvalue weighted by atomic mass is 16.2.